The van der Waals surface area contributed by atoms with Gasteiger partial charge in [-0.25, -0.2) is 0 Å². The number of carbonyl (C=O) groups excluding carboxylic acids is 2. The Labute approximate surface area is 111 Å². The van der Waals surface area contributed by atoms with Crippen molar-refractivity contribution >= 4 is 34.8 Å². The van der Waals surface area contributed by atoms with Gasteiger partial charge in [-0.2, -0.15) is 0 Å². The van der Waals surface area contributed by atoms with Gasteiger partial charge in [-0.1, -0.05) is 6.07 Å². The van der Waals surface area contributed by atoms with Gasteiger partial charge >= 0.3 is 11.8 Å². The third-order valence-corrected chi connectivity index (χ3v) is 2.52. The van der Waals surface area contributed by atoms with Crippen molar-refractivity contribution in [3.8, 4) is 0 Å². The molecule has 0 atom stereocenters. The van der Waals surface area contributed by atoms with E-state index >= 15 is 0 Å². The quantitative estimate of drug-likeness (QED) is 0.333. The maximum atomic E-state index is 11.5. The monoisotopic (exact) mass is 269 g/mol. The van der Waals surface area contributed by atoms with E-state index in [-0.39, 0.29) is 0 Å². The molecule has 0 unspecified atom stereocenters. The number of halogens is 1. The topological polar surface area (TPSA) is 84.2 Å². The van der Waals surface area contributed by atoms with Gasteiger partial charge in [0.2, 0.25) is 0 Å². The van der Waals surface area contributed by atoms with E-state index in [9.17, 15) is 9.59 Å². The molecule has 0 bridgehead atoms. The fraction of sp³-hybridized carbons (Fsp3) is 0.333. The van der Waals surface area contributed by atoms with Gasteiger partial charge in [0.1, 0.15) is 0 Å². The largest absolute Gasteiger partial charge is 0.397 e. The highest BCUT2D eigenvalue weighted by atomic mass is 35.5. The number of benzene rings is 1. The Bertz CT molecular complexity index is 449. The van der Waals surface area contributed by atoms with Crippen molar-refractivity contribution in [3.63, 3.8) is 0 Å². The van der Waals surface area contributed by atoms with E-state index < -0.39 is 11.8 Å². The zero-order valence-corrected chi connectivity index (χ0v) is 10.9. The average molecular weight is 270 g/mol. The van der Waals surface area contributed by atoms with Crippen LogP contribution >= 0.6 is 11.6 Å². The molecule has 0 radical (unpaired) electrons. The smallest absolute Gasteiger partial charge is 0.313 e. The lowest BCUT2D eigenvalue weighted by Crippen LogP contribution is -2.36. The number of nitrogen functional groups attached to an aromatic ring is 1. The molecule has 1 aromatic rings. The molecule has 0 spiro atoms. The number of anilines is 2. The average Bonchev–Trinajstić information content (AvgIpc) is 2.32. The van der Waals surface area contributed by atoms with Crippen molar-refractivity contribution in [3.05, 3.63) is 23.8 Å². The Morgan fingerprint density at radius 3 is 2.67 bits per heavy atom. The number of hydrogen-bond donors (Lipinski definition) is 3. The molecule has 0 saturated heterocycles. The first-order chi connectivity index (χ1) is 8.54. The lowest BCUT2D eigenvalue weighted by Gasteiger charge is -2.08. The number of alkyl halides is 1. The van der Waals surface area contributed by atoms with Crippen LogP contribution in [0.2, 0.25) is 0 Å². The third-order valence-electron chi connectivity index (χ3n) is 2.26. The summed E-state index contributed by atoms with van der Waals surface area (Å²) in [6.07, 6.45) is 0.618. The van der Waals surface area contributed by atoms with Crippen LogP contribution in [0.15, 0.2) is 18.2 Å². The van der Waals surface area contributed by atoms with Crippen LogP contribution in [0.1, 0.15) is 12.0 Å². The van der Waals surface area contributed by atoms with Crippen LogP contribution in [0.25, 0.3) is 0 Å². The van der Waals surface area contributed by atoms with E-state index in [4.69, 9.17) is 17.3 Å². The molecular weight excluding hydrogens is 254 g/mol. The van der Waals surface area contributed by atoms with Gasteiger partial charge in [-0.15, -0.1) is 11.6 Å². The number of aryl methyl sites for hydroxylation is 1. The number of carbonyl (C=O) groups is 2. The maximum Gasteiger partial charge on any atom is 0.313 e. The second kappa shape index (κ2) is 6.86. The van der Waals surface area contributed by atoms with Crippen molar-refractivity contribution in [1.29, 1.82) is 0 Å². The lowest BCUT2D eigenvalue weighted by atomic mass is 10.2. The highest BCUT2D eigenvalue weighted by Gasteiger charge is 2.13. The van der Waals surface area contributed by atoms with Gasteiger partial charge < -0.3 is 16.4 Å². The van der Waals surface area contributed by atoms with E-state index in [2.05, 4.69) is 10.6 Å². The van der Waals surface area contributed by atoms with Crippen LogP contribution in [-0.4, -0.2) is 24.2 Å². The van der Waals surface area contributed by atoms with Gasteiger partial charge in [0.05, 0.1) is 11.4 Å². The van der Waals surface area contributed by atoms with E-state index in [1.165, 1.54) is 0 Å². The van der Waals surface area contributed by atoms with Gasteiger partial charge in [-0.3, -0.25) is 9.59 Å². The summed E-state index contributed by atoms with van der Waals surface area (Å²) in [5, 5.41) is 4.91. The minimum atomic E-state index is -0.736. The number of nitrogens with one attached hydrogen (secondary N) is 2. The minimum absolute atomic E-state index is 0.374. The van der Waals surface area contributed by atoms with Crippen LogP contribution < -0.4 is 16.4 Å². The molecule has 1 aromatic carbocycles. The van der Waals surface area contributed by atoms with E-state index in [0.29, 0.717) is 30.2 Å². The summed E-state index contributed by atoms with van der Waals surface area (Å²) in [6, 6.07) is 5.19. The molecule has 2 amide bonds. The van der Waals surface area contributed by atoms with Gasteiger partial charge in [0, 0.05) is 12.4 Å². The van der Waals surface area contributed by atoms with Gasteiger partial charge in [-0.05, 0) is 31.0 Å². The van der Waals surface area contributed by atoms with Crippen molar-refractivity contribution in [2.75, 3.05) is 23.5 Å². The van der Waals surface area contributed by atoms with E-state index in [1.54, 1.807) is 18.2 Å². The summed E-state index contributed by atoms with van der Waals surface area (Å²) in [7, 11) is 0. The summed E-state index contributed by atoms with van der Waals surface area (Å²) in [5.74, 6) is -0.993. The summed E-state index contributed by atoms with van der Waals surface area (Å²) < 4.78 is 0. The Hall–Kier alpha value is -1.75. The summed E-state index contributed by atoms with van der Waals surface area (Å²) in [5.41, 5.74) is 7.57. The van der Waals surface area contributed by atoms with Crippen LogP contribution in [0, 0.1) is 6.92 Å². The van der Waals surface area contributed by atoms with E-state index in [0.717, 1.165) is 5.56 Å². The molecule has 18 heavy (non-hydrogen) atoms. The molecule has 0 aliphatic rings. The molecular formula is C12H16ClN3O2. The van der Waals surface area contributed by atoms with Crippen molar-refractivity contribution in [2.45, 2.75) is 13.3 Å². The zero-order valence-electron chi connectivity index (χ0n) is 10.1. The molecule has 0 saturated carbocycles. The highest BCUT2D eigenvalue weighted by molar-refractivity contribution is 6.39. The predicted molar refractivity (Wildman–Crippen MR) is 72.6 cm³/mol. The van der Waals surface area contributed by atoms with Crippen LogP contribution in [0.4, 0.5) is 11.4 Å². The van der Waals surface area contributed by atoms with E-state index in [1.807, 2.05) is 6.92 Å². The van der Waals surface area contributed by atoms with Crippen molar-refractivity contribution < 1.29 is 9.59 Å². The molecule has 5 nitrogen and oxygen atoms in total. The van der Waals surface area contributed by atoms with Crippen molar-refractivity contribution in [1.82, 2.24) is 5.32 Å². The Morgan fingerprint density at radius 2 is 2.06 bits per heavy atom. The fourth-order valence-electron chi connectivity index (χ4n) is 1.32. The first kappa shape index (κ1) is 14.3. The minimum Gasteiger partial charge on any atom is -0.397 e. The highest BCUT2D eigenvalue weighted by Crippen LogP contribution is 2.19. The SMILES string of the molecule is Cc1ccc(NC(=O)C(=O)NCCCCl)c(N)c1. The third kappa shape index (κ3) is 4.25. The molecule has 1 rings (SSSR count). The molecule has 6 heteroatoms. The number of nitrogens with two attached hydrogens (primary N) is 1. The zero-order chi connectivity index (χ0) is 13.5. The molecule has 0 aliphatic carbocycles. The molecule has 0 aromatic heterocycles. The maximum absolute atomic E-state index is 11.5. The van der Waals surface area contributed by atoms with Crippen molar-refractivity contribution in [2.24, 2.45) is 0 Å². The summed E-state index contributed by atoms with van der Waals surface area (Å²) >= 11 is 5.46. The van der Waals surface area contributed by atoms with Crippen LogP contribution in [0.3, 0.4) is 0 Å². The Kier molecular flexibility index (Phi) is 5.45. The molecule has 98 valence electrons. The molecule has 0 heterocycles. The Morgan fingerprint density at radius 1 is 1.33 bits per heavy atom. The Balaban J connectivity index is 2.56. The van der Waals surface area contributed by atoms with Gasteiger partial charge in [0.25, 0.3) is 0 Å². The van der Waals surface area contributed by atoms with Crippen LogP contribution in [-0.2, 0) is 9.59 Å². The first-order valence-electron chi connectivity index (χ1n) is 5.56. The van der Waals surface area contributed by atoms with Crippen LogP contribution in [0.5, 0.6) is 0 Å². The van der Waals surface area contributed by atoms with Gasteiger partial charge in [0.15, 0.2) is 0 Å². The second-order valence-corrected chi connectivity index (χ2v) is 4.22. The first-order valence-corrected chi connectivity index (χ1v) is 6.09. The fourth-order valence-corrected chi connectivity index (χ4v) is 1.46. The molecule has 0 fully saturated rings. The molecule has 4 N–H and O–H groups in total. The second-order valence-electron chi connectivity index (χ2n) is 3.84. The normalized spacial score (nSPS) is 9.89. The molecule has 0 aliphatic heterocycles. The summed E-state index contributed by atoms with van der Waals surface area (Å²) in [6.45, 7) is 2.26. The lowest BCUT2D eigenvalue weighted by molar-refractivity contribution is -0.136. The number of hydrogen-bond acceptors (Lipinski definition) is 3. The standard InChI is InChI=1S/C12H16ClN3O2/c1-8-3-4-10(9(14)7-8)16-12(18)11(17)15-6-2-5-13/h3-4,7H,2,5-6,14H2,1H3,(H,15,17)(H,16,18). The predicted octanol–water partition coefficient (Wildman–Crippen LogP) is 1.26. The summed E-state index contributed by atoms with van der Waals surface area (Å²) in [4.78, 5) is 22.9. The number of rotatable bonds is 4. The number of amides is 2.